The number of para-hydroxylation sites is 4. The van der Waals surface area contributed by atoms with Crippen LogP contribution in [0.3, 0.4) is 0 Å². The van der Waals surface area contributed by atoms with Gasteiger partial charge in [-0.1, -0.05) is 211 Å². The average molecular weight is 1230 g/mol. The van der Waals surface area contributed by atoms with Gasteiger partial charge in [-0.2, -0.15) is 0 Å². The predicted molar refractivity (Wildman–Crippen MR) is 367 cm³/mol. The van der Waals surface area contributed by atoms with Crippen molar-refractivity contribution in [2.75, 3.05) is 13.2 Å². The number of halogens is 2. The molecule has 2 N–H and O–H groups in total. The summed E-state index contributed by atoms with van der Waals surface area (Å²) in [5.74, 6) is 0.160. The Morgan fingerprint density at radius 2 is 0.727 bits per heavy atom. The van der Waals surface area contributed by atoms with Gasteiger partial charge in [0, 0.05) is 69.6 Å². The Morgan fingerprint density at radius 1 is 0.420 bits per heavy atom. The van der Waals surface area contributed by atoms with Crippen molar-refractivity contribution in [3.8, 4) is 56.6 Å². The van der Waals surface area contributed by atoms with Gasteiger partial charge in [-0.25, -0.2) is 8.78 Å². The second-order valence-corrected chi connectivity index (χ2v) is 31.7. The van der Waals surface area contributed by atoms with Crippen molar-refractivity contribution in [1.82, 2.24) is 9.13 Å². The molecule has 88 heavy (non-hydrogen) atoms. The van der Waals surface area contributed by atoms with Crippen molar-refractivity contribution in [2.24, 2.45) is 0 Å². The molecule has 0 aliphatic rings. The molecule has 0 unspecified atom stereocenters. The molecule has 0 spiro atoms. The molecule has 0 saturated heterocycles. The zero-order chi connectivity index (χ0) is 61.9. The quantitative estimate of drug-likeness (QED) is 0.0306. The third-order valence-electron chi connectivity index (χ3n) is 17.2. The molecular formula is C78H93F2N2O4ScSi-. The molecule has 2 aromatic heterocycles. The molecule has 1 radical (unpaired) electrons. The number of aromatic nitrogens is 2. The van der Waals surface area contributed by atoms with E-state index >= 15 is 8.78 Å². The van der Waals surface area contributed by atoms with E-state index < -0.39 is 19.7 Å². The number of fused-ring (bicyclic) bond motifs is 6. The van der Waals surface area contributed by atoms with Crippen LogP contribution in [0.2, 0.25) is 19.6 Å². The molecule has 461 valence electrons. The Labute approximate surface area is 543 Å². The number of aromatic hydroxyl groups is 2. The molecule has 0 saturated carbocycles. The minimum Gasteiger partial charge on any atom is -0.505 e. The van der Waals surface area contributed by atoms with E-state index in [1.807, 2.05) is 60.7 Å². The van der Waals surface area contributed by atoms with Gasteiger partial charge in [-0.3, -0.25) is 0 Å². The van der Waals surface area contributed by atoms with Gasteiger partial charge in [-0.15, -0.1) is 8.07 Å². The third-order valence-corrected chi connectivity index (χ3v) is 17.2. The second-order valence-electron chi connectivity index (χ2n) is 26.6. The van der Waals surface area contributed by atoms with E-state index in [0.717, 1.165) is 93.3 Å². The van der Waals surface area contributed by atoms with E-state index in [9.17, 15) is 10.2 Å². The van der Waals surface area contributed by atoms with Crippen LogP contribution in [0.25, 0.3) is 77.2 Å². The number of phenols is 2. The van der Waals surface area contributed by atoms with Gasteiger partial charge in [0.1, 0.15) is 34.6 Å². The molecule has 10 rings (SSSR count). The SMILES string of the molecule is CCCCCCCCC(C)(C)c1cc(-c2cc(F)ccc2OCCCCOc2ccc(F)cc2-c2cc(C(C)(C)CCCCCCCC)cc(-n3c4ccccc4c4ccccc43)c2O)c(O)c(-n2c3ccccc3c3ccccc32)c1.[CH2-][Si](C)(C)C.[Sc]. The Bertz CT molecular complexity index is 3590. The summed E-state index contributed by atoms with van der Waals surface area (Å²) in [4.78, 5) is 0. The van der Waals surface area contributed by atoms with Gasteiger partial charge >= 0.3 is 0 Å². The minimum atomic E-state index is -0.861. The molecular weight excluding hydrogens is 1140 g/mol. The number of ether oxygens (including phenoxy) is 2. The fourth-order valence-corrected chi connectivity index (χ4v) is 12.4. The van der Waals surface area contributed by atoms with E-state index in [4.69, 9.17) is 9.47 Å². The summed E-state index contributed by atoms with van der Waals surface area (Å²) in [5, 5.41) is 29.6. The summed E-state index contributed by atoms with van der Waals surface area (Å²) in [6, 6.07) is 50.5. The van der Waals surface area contributed by atoms with Crippen molar-refractivity contribution in [3.05, 3.63) is 187 Å². The van der Waals surface area contributed by atoms with Gasteiger partial charge < -0.3 is 35.4 Å². The standard InChI is InChI=1S/C74H82F2N2O4.C4H11Si.Sc/c1-7-9-11-13-15-25-41-73(3,4)51-45-61(71(79)67(47-51)77-63-33-21-17-29-55(63)56-30-18-22-34-64(56)77)59-49-53(75)37-39-69(59)81-43-27-28-44-82-70-40-38-54(76)50-60(70)62-46-52(74(5,6)42-26-16-14-12-10-8-2)48-68(72(62)80)78-65-35-23-19-31-57(65)58-32-20-24-36-66(58)78;1-5(2,3)4;/h17-24,29-40,45-50,79-80H,7-16,25-28,41-44H2,1-6H3;1H2,2-4H3;/q;-1;. The molecule has 0 aliphatic carbocycles. The molecule has 0 amide bonds. The number of unbranched alkanes of at least 4 members (excludes halogenated alkanes) is 11. The fourth-order valence-electron chi connectivity index (χ4n) is 12.4. The molecule has 2 heterocycles. The Kier molecular flexibility index (Phi) is 23.3. The van der Waals surface area contributed by atoms with Gasteiger partial charge in [0.2, 0.25) is 0 Å². The van der Waals surface area contributed by atoms with Crippen LogP contribution in [0.15, 0.2) is 158 Å². The van der Waals surface area contributed by atoms with Gasteiger partial charge in [0.15, 0.2) is 0 Å². The maximum absolute atomic E-state index is 15.6. The van der Waals surface area contributed by atoms with Crippen LogP contribution in [0.5, 0.6) is 23.0 Å². The third kappa shape index (κ3) is 16.1. The second kappa shape index (κ2) is 30.3. The first kappa shape index (κ1) is 67.4. The van der Waals surface area contributed by atoms with Gasteiger partial charge in [0.05, 0.1) is 46.7 Å². The molecule has 10 aromatic rings. The average Bonchev–Trinajstić information content (AvgIpc) is 1.67. The smallest absolute Gasteiger partial charge is 0.147 e. The number of nitrogens with zero attached hydrogens (tertiary/aromatic N) is 2. The Balaban J connectivity index is 0.00000161. The maximum Gasteiger partial charge on any atom is 0.147 e. The van der Waals surface area contributed by atoms with E-state index in [2.05, 4.69) is 138 Å². The van der Waals surface area contributed by atoms with Gasteiger partial charge in [-0.05, 0) is 133 Å². The first-order chi connectivity index (χ1) is 41.8. The molecule has 6 nitrogen and oxygen atoms in total. The maximum atomic E-state index is 15.6. The first-order valence-corrected chi connectivity index (χ1v) is 35.9. The molecule has 0 aliphatic heterocycles. The predicted octanol–water partition coefficient (Wildman–Crippen LogP) is 22.9. The minimum absolute atomic E-state index is 0. The van der Waals surface area contributed by atoms with Crippen LogP contribution >= 0.6 is 0 Å². The largest absolute Gasteiger partial charge is 0.505 e. The van der Waals surface area contributed by atoms with Crippen LogP contribution in [-0.2, 0) is 36.7 Å². The number of rotatable bonds is 27. The number of hydrogen-bond donors (Lipinski definition) is 2. The van der Waals surface area contributed by atoms with Crippen LogP contribution in [0, 0.1) is 18.2 Å². The van der Waals surface area contributed by atoms with Crippen molar-refractivity contribution >= 4 is 51.7 Å². The monoisotopic (exact) mass is 1230 g/mol. The Morgan fingerprint density at radius 3 is 1.06 bits per heavy atom. The molecule has 0 atom stereocenters. The molecule has 0 fully saturated rings. The molecule has 10 heteroatoms. The van der Waals surface area contributed by atoms with Crippen LogP contribution in [0.1, 0.15) is 155 Å². The van der Waals surface area contributed by atoms with E-state index in [0.29, 0.717) is 71.2 Å². The first-order valence-electron chi connectivity index (χ1n) is 32.2. The normalized spacial score (nSPS) is 12.0. The fraction of sp³-hybridized carbons (Fsp3) is 0.372. The number of benzene rings is 8. The Hall–Kier alpha value is -6.49. The zero-order valence-corrected chi connectivity index (χ0v) is 56.7. The summed E-state index contributed by atoms with van der Waals surface area (Å²) in [5.41, 5.74) is 8.69. The van der Waals surface area contributed by atoms with Crippen LogP contribution in [-0.4, -0.2) is 40.6 Å². The number of phenolic OH excluding ortho intramolecular Hbond substituents is 2. The van der Waals surface area contributed by atoms with Gasteiger partial charge in [0.25, 0.3) is 0 Å². The summed E-state index contributed by atoms with van der Waals surface area (Å²) in [6.07, 6.45) is 17.4. The summed E-state index contributed by atoms with van der Waals surface area (Å²) < 4.78 is 48.7. The summed E-state index contributed by atoms with van der Waals surface area (Å²) in [6.45, 7) is 24.7. The molecule has 0 bridgehead atoms. The molecule has 8 aromatic carbocycles. The zero-order valence-electron chi connectivity index (χ0n) is 53.9. The van der Waals surface area contributed by atoms with E-state index in [1.165, 1.54) is 75.6 Å². The summed E-state index contributed by atoms with van der Waals surface area (Å²) >= 11 is 0. The van der Waals surface area contributed by atoms with Crippen molar-refractivity contribution < 1.29 is 54.3 Å². The van der Waals surface area contributed by atoms with Crippen molar-refractivity contribution in [2.45, 2.75) is 175 Å². The van der Waals surface area contributed by atoms with Crippen molar-refractivity contribution in [3.63, 3.8) is 0 Å². The van der Waals surface area contributed by atoms with E-state index in [1.54, 1.807) is 12.1 Å². The topological polar surface area (TPSA) is 68.8 Å². The van der Waals surface area contributed by atoms with E-state index in [-0.39, 0.29) is 48.2 Å². The van der Waals surface area contributed by atoms with Crippen molar-refractivity contribution in [1.29, 1.82) is 0 Å². The summed E-state index contributed by atoms with van der Waals surface area (Å²) in [7, 11) is -0.861. The van der Waals surface area contributed by atoms with Crippen LogP contribution < -0.4 is 9.47 Å². The van der Waals surface area contributed by atoms with Crippen LogP contribution in [0.4, 0.5) is 8.78 Å². The number of hydrogen-bond acceptors (Lipinski definition) is 4.